The molecule has 1 aliphatic carbocycles. The average Bonchev–Trinajstić information content (AvgIpc) is 3.05. The van der Waals surface area contributed by atoms with Crippen LogP contribution >= 0.6 is 11.3 Å². The van der Waals surface area contributed by atoms with Crippen molar-refractivity contribution in [2.75, 3.05) is 13.1 Å². The molecule has 1 saturated carbocycles. The molecular formula is C14H22N2OS. The summed E-state index contributed by atoms with van der Waals surface area (Å²) in [6.45, 7) is 3.27. The van der Waals surface area contributed by atoms with Gasteiger partial charge in [0.2, 0.25) is 5.91 Å². The maximum absolute atomic E-state index is 11.9. The van der Waals surface area contributed by atoms with Gasteiger partial charge in [-0.2, -0.15) is 0 Å². The molecule has 0 spiro atoms. The molecule has 3 nitrogen and oxygen atoms in total. The number of nitrogens with one attached hydrogen (secondary N) is 2. The van der Waals surface area contributed by atoms with Crippen LogP contribution in [-0.2, 0) is 4.79 Å². The molecule has 2 N–H and O–H groups in total. The van der Waals surface area contributed by atoms with Crippen LogP contribution in [0.3, 0.4) is 0 Å². The third-order valence-corrected chi connectivity index (χ3v) is 4.53. The third kappa shape index (κ3) is 3.56. The number of carbonyl (C=O) groups is 1. The van der Waals surface area contributed by atoms with Gasteiger partial charge in [0.05, 0.1) is 12.6 Å². The number of thiophene rings is 1. The van der Waals surface area contributed by atoms with Gasteiger partial charge < -0.3 is 10.6 Å². The summed E-state index contributed by atoms with van der Waals surface area (Å²) in [5.74, 6) is 0.733. The van der Waals surface area contributed by atoms with Crippen LogP contribution in [0.1, 0.15) is 43.5 Å². The Bertz CT molecular complexity index is 358. The maximum atomic E-state index is 11.9. The normalized spacial score (nSPS) is 17.8. The molecule has 1 fully saturated rings. The number of carbonyl (C=O) groups excluding carboxylic acids is 1. The minimum atomic E-state index is 0.113. The van der Waals surface area contributed by atoms with E-state index in [1.807, 2.05) is 6.92 Å². The summed E-state index contributed by atoms with van der Waals surface area (Å²) in [6, 6.07) is 4.43. The Balaban J connectivity index is 1.98. The summed E-state index contributed by atoms with van der Waals surface area (Å²) >= 11 is 1.75. The quantitative estimate of drug-likeness (QED) is 0.831. The first-order valence-corrected chi connectivity index (χ1v) is 7.72. The fourth-order valence-corrected chi connectivity index (χ4v) is 3.51. The highest BCUT2D eigenvalue weighted by atomic mass is 32.1. The molecule has 0 aromatic carbocycles. The smallest absolute Gasteiger partial charge is 0.234 e. The number of hydrogen-bond acceptors (Lipinski definition) is 3. The van der Waals surface area contributed by atoms with Crippen LogP contribution in [0.25, 0.3) is 0 Å². The van der Waals surface area contributed by atoms with Crippen LogP contribution in [0.15, 0.2) is 17.5 Å². The Labute approximate surface area is 113 Å². The maximum Gasteiger partial charge on any atom is 0.234 e. The third-order valence-electron chi connectivity index (χ3n) is 3.57. The van der Waals surface area contributed by atoms with Crippen molar-refractivity contribution in [3.8, 4) is 0 Å². The zero-order valence-electron chi connectivity index (χ0n) is 10.9. The molecule has 0 radical (unpaired) electrons. The van der Waals surface area contributed by atoms with E-state index in [-0.39, 0.29) is 11.9 Å². The van der Waals surface area contributed by atoms with Gasteiger partial charge >= 0.3 is 0 Å². The van der Waals surface area contributed by atoms with E-state index in [1.54, 1.807) is 11.3 Å². The highest BCUT2D eigenvalue weighted by Gasteiger charge is 2.28. The molecule has 1 aromatic heterocycles. The lowest BCUT2D eigenvalue weighted by molar-refractivity contribution is -0.121. The fraction of sp³-hybridized carbons (Fsp3) is 0.643. The van der Waals surface area contributed by atoms with Gasteiger partial charge in [-0.05, 0) is 36.8 Å². The molecule has 1 atom stereocenters. The summed E-state index contributed by atoms with van der Waals surface area (Å²) in [4.78, 5) is 13.2. The largest absolute Gasteiger partial charge is 0.347 e. The van der Waals surface area contributed by atoms with Gasteiger partial charge in [0.1, 0.15) is 0 Å². The van der Waals surface area contributed by atoms with Crippen LogP contribution < -0.4 is 10.6 Å². The van der Waals surface area contributed by atoms with Gasteiger partial charge in [-0.1, -0.05) is 25.8 Å². The van der Waals surface area contributed by atoms with E-state index in [0.29, 0.717) is 12.5 Å². The average molecular weight is 266 g/mol. The van der Waals surface area contributed by atoms with E-state index >= 15 is 0 Å². The molecule has 0 bridgehead atoms. The van der Waals surface area contributed by atoms with Crippen LogP contribution in [-0.4, -0.2) is 19.0 Å². The lowest BCUT2D eigenvalue weighted by atomic mass is 9.96. The van der Waals surface area contributed by atoms with Crippen LogP contribution in [0.4, 0.5) is 0 Å². The van der Waals surface area contributed by atoms with E-state index in [2.05, 4.69) is 28.1 Å². The number of amides is 1. The number of likely N-dealkylation sites (N-methyl/N-ethyl adjacent to an activating group) is 1. The predicted molar refractivity (Wildman–Crippen MR) is 75.7 cm³/mol. The first kappa shape index (κ1) is 13.6. The van der Waals surface area contributed by atoms with Crippen molar-refractivity contribution < 1.29 is 4.79 Å². The minimum Gasteiger partial charge on any atom is -0.347 e. The van der Waals surface area contributed by atoms with Gasteiger partial charge in [-0.25, -0.2) is 0 Å². The summed E-state index contributed by atoms with van der Waals surface area (Å²) < 4.78 is 0. The second kappa shape index (κ2) is 6.90. The van der Waals surface area contributed by atoms with E-state index in [4.69, 9.17) is 0 Å². The summed E-state index contributed by atoms with van der Waals surface area (Å²) in [7, 11) is 0. The van der Waals surface area contributed by atoms with Crippen molar-refractivity contribution in [3.63, 3.8) is 0 Å². The highest BCUT2D eigenvalue weighted by molar-refractivity contribution is 7.10. The van der Waals surface area contributed by atoms with Gasteiger partial charge in [0.15, 0.2) is 0 Å². The van der Waals surface area contributed by atoms with Crippen LogP contribution in [0.5, 0.6) is 0 Å². The molecule has 1 unspecified atom stereocenters. The zero-order chi connectivity index (χ0) is 12.8. The van der Waals surface area contributed by atoms with Crippen LogP contribution in [0.2, 0.25) is 0 Å². The van der Waals surface area contributed by atoms with E-state index < -0.39 is 0 Å². The molecule has 1 heterocycles. The standard InChI is InChI=1S/C14H22N2OS/c1-2-15-10-13(17)16-14(11-6-3-4-7-11)12-8-5-9-18-12/h5,8-9,11,14-15H,2-4,6-7,10H2,1H3,(H,16,17). The first-order chi connectivity index (χ1) is 8.81. The molecule has 1 aliphatic rings. The minimum absolute atomic E-state index is 0.113. The Morgan fingerprint density at radius 1 is 1.50 bits per heavy atom. The molecule has 0 aliphatic heterocycles. The predicted octanol–water partition coefficient (Wildman–Crippen LogP) is 2.71. The van der Waals surface area contributed by atoms with Crippen molar-refractivity contribution in [3.05, 3.63) is 22.4 Å². The Morgan fingerprint density at radius 3 is 2.89 bits per heavy atom. The topological polar surface area (TPSA) is 41.1 Å². The molecule has 0 saturated heterocycles. The molecule has 18 heavy (non-hydrogen) atoms. The summed E-state index contributed by atoms with van der Waals surface area (Å²) in [5, 5.41) is 8.38. The van der Waals surface area contributed by atoms with E-state index in [9.17, 15) is 4.79 Å². The highest BCUT2D eigenvalue weighted by Crippen LogP contribution is 2.37. The Kier molecular flexibility index (Phi) is 5.20. The van der Waals surface area contributed by atoms with Gasteiger partial charge in [-0.15, -0.1) is 11.3 Å². The van der Waals surface area contributed by atoms with Crippen molar-refractivity contribution in [1.82, 2.24) is 10.6 Å². The molecule has 1 amide bonds. The van der Waals surface area contributed by atoms with Crippen molar-refractivity contribution in [1.29, 1.82) is 0 Å². The van der Waals surface area contributed by atoms with Gasteiger partial charge in [-0.3, -0.25) is 4.79 Å². The summed E-state index contributed by atoms with van der Waals surface area (Å²) in [6.07, 6.45) is 5.08. The first-order valence-electron chi connectivity index (χ1n) is 6.84. The van der Waals surface area contributed by atoms with E-state index in [0.717, 1.165) is 6.54 Å². The lowest BCUT2D eigenvalue weighted by Gasteiger charge is -2.23. The fourth-order valence-electron chi connectivity index (χ4n) is 2.64. The van der Waals surface area contributed by atoms with Crippen molar-refractivity contribution in [2.45, 2.75) is 38.6 Å². The second-order valence-electron chi connectivity index (χ2n) is 4.89. The molecular weight excluding hydrogens is 244 g/mol. The van der Waals surface area contributed by atoms with Gasteiger partial charge in [0.25, 0.3) is 0 Å². The lowest BCUT2D eigenvalue weighted by Crippen LogP contribution is -2.38. The molecule has 4 heteroatoms. The Morgan fingerprint density at radius 2 is 2.28 bits per heavy atom. The SMILES string of the molecule is CCNCC(=O)NC(c1cccs1)C1CCCC1. The van der Waals surface area contributed by atoms with Crippen molar-refractivity contribution >= 4 is 17.2 Å². The number of hydrogen-bond donors (Lipinski definition) is 2. The molecule has 2 rings (SSSR count). The second-order valence-corrected chi connectivity index (χ2v) is 5.86. The molecule has 1 aromatic rings. The summed E-state index contributed by atoms with van der Waals surface area (Å²) in [5.41, 5.74) is 0. The van der Waals surface area contributed by atoms with Crippen molar-refractivity contribution in [2.24, 2.45) is 5.92 Å². The van der Waals surface area contributed by atoms with Gasteiger partial charge in [0, 0.05) is 4.88 Å². The number of rotatable bonds is 6. The monoisotopic (exact) mass is 266 g/mol. The van der Waals surface area contributed by atoms with E-state index in [1.165, 1.54) is 30.6 Å². The van der Waals surface area contributed by atoms with Crippen LogP contribution in [0, 0.1) is 5.92 Å². The zero-order valence-corrected chi connectivity index (χ0v) is 11.8. The Hall–Kier alpha value is -0.870. The molecule has 100 valence electrons.